The van der Waals surface area contributed by atoms with Crippen LogP contribution in [0.1, 0.15) is 162 Å². The standard InChI is InChI=1S/C42H78NO9P/c1-6-8-10-12-14-16-18-19-21-22-24-26-28-31-39(44)32-30-34-42(46)52-40(38-51-53(47,48)50-36-35-43(3,4)5)37-49-41(45)33-29-27-25-23-20-17-15-13-11-9-7-2/h19,21,24,26,28,31,39-40,44H,6-18,20,22-23,25,27,29-30,32-38H2,1-5H3/p+1/b21-19+,26-24+,31-28+/t39?,40-/m1/s1. The number of rotatable bonds is 37. The number of phosphoric acid groups is 1. The Morgan fingerprint density at radius 3 is 1.85 bits per heavy atom. The van der Waals surface area contributed by atoms with Gasteiger partial charge in [0.05, 0.1) is 33.9 Å². The molecule has 0 heterocycles. The van der Waals surface area contributed by atoms with Crippen molar-refractivity contribution in [1.29, 1.82) is 0 Å². The van der Waals surface area contributed by atoms with Gasteiger partial charge < -0.3 is 24.0 Å². The monoisotopic (exact) mass is 773 g/mol. The number of carbonyl (C=O) groups excluding carboxylic acids is 2. The van der Waals surface area contributed by atoms with E-state index in [0.717, 1.165) is 32.1 Å². The summed E-state index contributed by atoms with van der Waals surface area (Å²) in [6.45, 7) is 4.17. The molecule has 0 aromatic carbocycles. The molecule has 0 aliphatic carbocycles. The Labute approximate surface area is 324 Å². The largest absolute Gasteiger partial charge is 0.472 e. The van der Waals surface area contributed by atoms with E-state index in [9.17, 15) is 24.2 Å². The van der Waals surface area contributed by atoms with Crippen molar-refractivity contribution in [3.63, 3.8) is 0 Å². The van der Waals surface area contributed by atoms with Crippen molar-refractivity contribution in [2.45, 2.75) is 174 Å². The van der Waals surface area contributed by atoms with Gasteiger partial charge in [-0.05, 0) is 38.5 Å². The second kappa shape index (κ2) is 34.7. The molecule has 53 heavy (non-hydrogen) atoms. The fourth-order valence-electron chi connectivity index (χ4n) is 5.43. The van der Waals surface area contributed by atoms with Crippen molar-refractivity contribution < 1.29 is 47.2 Å². The normalized spacial score (nSPS) is 14.6. The lowest BCUT2D eigenvalue weighted by Gasteiger charge is -2.24. The van der Waals surface area contributed by atoms with Crippen molar-refractivity contribution in [3.8, 4) is 0 Å². The van der Waals surface area contributed by atoms with E-state index in [-0.39, 0.29) is 26.1 Å². The van der Waals surface area contributed by atoms with Gasteiger partial charge in [0.2, 0.25) is 0 Å². The fraction of sp³-hybridized carbons (Fsp3) is 0.810. The topological polar surface area (TPSA) is 129 Å². The number of aliphatic hydroxyl groups excluding tert-OH is 1. The number of nitrogens with zero attached hydrogens (tertiary/aromatic N) is 1. The Morgan fingerprint density at radius 2 is 1.25 bits per heavy atom. The molecule has 11 heteroatoms. The highest BCUT2D eigenvalue weighted by atomic mass is 31.2. The number of likely N-dealkylation sites (N-methyl/N-ethyl adjacent to an activating group) is 1. The summed E-state index contributed by atoms with van der Waals surface area (Å²) >= 11 is 0. The van der Waals surface area contributed by atoms with Gasteiger partial charge in [0.1, 0.15) is 19.8 Å². The van der Waals surface area contributed by atoms with E-state index in [4.69, 9.17) is 18.5 Å². The summed E-state index contributed by atoms with van der Waals surface area (Å²) in [5, 5.41) is 10.3. The van der Waals surface area contributed by atoms with E-state index >= 15 is 0 Å². The molecule has 2 N–H and O–H groups in total. The molecule has 0 amide bonds. The second-order valence-electron chi connectivity index (χ2n) is 15.2. The summed E-state index contributed by atoms with van der Waals surface area (Å²) in [6, 6.07) is 0. The van der Waals surface area contributed by atoms with Crippen LogP contribution in [-0.4, -0.2) is 86.1 Å². The molecule has 0 aliphatic rings. The van der Waals surface area contributed by atoms with Crippen molar-refractivity contribution in [2.75, 3.05) is 47.5 Å². The van der Waals surface area contributed by atoms with Crippen LogP contribution >= 0.6 is 7.82 Å². The summed E-state index contributed by atoms with van der Waals surface area (Å²) < 4.78 is 34.0. The maximum Gasteiger partial charge on any atom is 0.472 e. The van der Waals surface area contributed by atoms with Crippen LogP contribution in [0.3, 0.4) is 0 Å². The molecule has 0 bridgehead atoms. The highest BCUT2D eigenvalue weighted by molar-refractivity contribution is 7.47. The van der Waals surface area contributed by atoms with E-state index in [2.05, 4.69) is 26.0 Å². The Balaban J connectivity index is 4.59. The average Bonchev–Trinajstić information content (AvgIpc) is 3.09. The average molecular weight is 773 g/mol. The Bertz CT molecular complexity index is 1020. The van der Waals surface area contributed by atoms with Crippen molar-refractivity contribution in [2.24, 2.45) is 0 Å². The van der Waals surface area contributed by atoms with E-state index in [0.29, 0.717) is 30.3 Å². The summed E-state index contributed by atoms with van der Waals surface area (Å²) in [5.41, 5.74) is 0. The number of allylic oxidation sites excluding steroid dienone is 5. The molecule has 0 rings (SSSR count). The van der Waals surface area contributed by atoms with Crippen molar-refractivity contribution in [3.05, 3.63) is 36.5 Å². The number of hydrogen-bond acceptors (Lipinski definition) is 8. The van der Waals surface area contributed by atoms with Crippen molar-refractivity contribution in [1.82, 2.24) is 0 Å². The molecule has 0 saturated carbocycles. The summed E-state index contributed by atoms with van der Waals surface area (Å²) in [4.78, 5) is 35.2. The molecule has 3 atom stereocenters. The summed E-state index contributed by atoms with van der Waals surface area (Å²) in [5.74, 6) is -0.996. The van der Waals surface area contributed by atoms with E-state index in [1.165, 1.54) is 83.5 Å². The van der Waals surface area contributed by atoms with Gasteiger partial charge in [0.15, 0.2) is 6.10 Å². The highest BCUT2D eigenvalue weighted by Gasteiger charge is 2.27. The van der Waals surface area contributed by atoms with Crippen LogP contribution in [0.2, 0.25) is 0 Å². The molecule has 10 nitrogen and oxygen atoms in total. The Hall–Kier alpha value is -1.81. The number of quaternary nitrogens is 1. The van der Waals surface area contributed by atoms with Crippen LogP contribution in [0.5, 0.6) is 0 Å². The molecule has 0 saturated heterocycles. The van der Waals surface area contributed by atoms with Gasteiger partial charge in [-0.15, -0.1) is 0 Å². The number of carbonyl (C=O) groups is 2. The fourth-order valence-corrected chi connectivity index (χ4v) is 6.18. The van der Waals surface area contributed by atoms with Crippen LogP contribution in [0, 0.1) is 0 Å². The van der Waals surface area contributed by atoms with Crippen LogP contribution in [0.25, 0.3) is 0 Å². The molecule has 0 fully saturated rings. The van der Waals surface area contributed by atoms with Gasteiger partial charge in [-0.3, -0.25) is 18.6 Å². The molecule has 0 aromatic rings. The Morgan fingerprint density at radius 1 is 0.679 bits per heavy atom. The zero-order chi connectivity index (χ0) is 39.5. The predicted molar refractivity (Wildman–Crippen MR) is 216 cm³/mol. The Kier molecular flexibility index (Phi) is 33.5. The third kappa shape index (κ3) is 38.3. The molecule has 0 aliphatic heterocycles. The number of esters is 2. The van der Waals surface area contributed by atoms with Gasteiger partial charge in [0.25, 0.3) is 0 Å². The van der Waals surface area contributed by atoms with Crippen molar-refractivity contribution >= 4 is 19.8 Å². The molecular formula is C42H79NO9P+. The van der Waals surface area contributed by atoms with Crippen LogP contribution in [0.15, 0.2) is 36.5 Å². The third-order valence-corrected chi connectivity index (χ3v) is 9.76. The number of phosphoric ester groups is 1. The molecule has 0 spiro atoms. The minimum absolute atomic E-state index is 0.00139. The van der Waals surface area contributed by atoms with Gasteiger partial charge in [-0.2, -0.15) is 0 Å². The summed E-state index contributed by atoms with van der Waals surface area (Å²) in [6.07, 6.45) is 33.7. The predicted octanol–water partition coefficient (Wildman–Crippen LogP) is 10.3. The van der Waals surface area contributed by atoms with Crippen LogP contribution in [-0.2, 0) is 32.7 Å². The zero-order valence-electron chi connectivity index (χ0n) is 34.4. The van der Waals surface area contributed by atoms with E-state index in [1.807, 2.05) is 33.3 Å². The second-order valence-corrected chi connectivity index (χ2v) is 16.7. The lowest BCUT2D eigenvalue weighted by atomic mass is 10.1. The minimum Gasteiger partial charge on any atom is -0.462 e. The number of hydrogen-bond donors (Lipinski definition) is 2. The first kappa shape index (κ1) is 51.2. The minimum atomic E-state index is -4.42. The van der Waals surface area contributed by atoms with E-state index in [1.54, 1.807) is 12.2 Å². The molecule has 2 unspecified atom stereocenters. The van der Waals surface area contributed by atoms with Crippen LogP contribution in [0.4, 0.5) is 0 Å². The quantitative estimate of drug-likeness (QED) is 0.0158. The van der Waals surface area contributed by atoms with Gasteiger partial charge >= 0.3 is 19.8 Å². The van der Waals surface area contributed by atoms with Gasteiger partial charge in [-0.1, -0.05) is 147 Å². The SMILES string of the molecule is CCCCCCCC/C=C/C/C=C/C=C/C(O)CCCC(=O)O[C@H](COC(=O)CCCCCCCCCCCCC)COP(=O)(O)OCC[N+](C)(C)C. The zero-order valence-corrected chi connectivity index (χ0v) is 35.3. The number of ether oxygens (including phenoxy) is 2. The maximum absolute atomic E-state index is 12.7. The molecule has 0 aromatic heterocycles. The first-order chi connectivity index (χ1) is 25.4. The number of aliphatic hydroxyl groups is 1. The summed E-state index contributed by atoms with van der Waals surface area (Å²) in [7, 11) is 1.36. The van der Waals surface area contributed by atoms with Gasteiger partial charge in [-0.25, -0.2) is 4.57 Å². The molecule has 0 radical (unpaired) electrons. The molecule has 310 valence electrons. The first-order valence-corrected chi connectivity index (χ1v) is 22.3. The highest BCUT2D eigenvalue weighted by Crippen LogP contribution is 2.43. The van der Waals surface area contributed by atoms with Gasteiger partial charge in [0, 0.05) is 12.8 Å². The smallest absolute Gasteiger partial charge is 0.462 e. The third-order valence-electron chi connectivity index (χ3n) is 8.78. The maximum atomic E-state index is 12.7. The lowest BCUT2D eigenvalue weighted by molar-refractivity contribution is -0.870. The van der Waals surface area contributed by atoms with Crippen LogP contribution < -0.4 is 0 Å². The van der Waals surface area contributed by atoms with E-state index < -0.39 is 38.6 Å². The first-order valence-electron chi connectivity index (χ1n) is 20.8. The number of unbranched alkanes of at least 4 members (excludes halogenated alkanes) is 16. The lowest BCUT2D eigenvalue weighted by Crippen LogP contribution is -2.37. The molecular weight excluding hydrogens is 693 g/mol.